The molecule has 1 saturated carbocycles. The molecule has 1 aromatic carbocycles. The maximum atomic E-state index is 13.4. The van der Waals surface area contributed by atoms with Gasteiger partial charge < -0.3 is 11.1 Å². The van der Waals surface area contributed by atoms with Crippen LogP contribution in [0, 0.1) is 28.7 Å². The number of hydrogen-bond donors (Lipinski definition) is 2. The van der Waals surface area contributed by atoms with Gasteiger partial charge >= 0.3 is 0 Å². The zero-order chi connectivity index (χ0) is 14.9. The summed E-state index contributed by atoms with van der Waals surface area (Å²) in [6.45, 7) is 0.281. The summed E-state index contributed by atoms with van der Waals surface area (Å²) < 4.78 is 52.8. The number of amides is 1. The Balaban J connectivity index is 2.16. The van der Waals surface area contributed by atoms with Gasteiger partial charge in [0.05, 0.1) is 0 Å². The van der Waals surface area contributed by atoms with Crippen molar-refractivity contribution in [2.24, 2.45) is 11.1 Å². The number of anilines is 1. The van der Waals surface area contributed by atoms with E-state index in [0.29, 0.717) is 0 Å². The Morgan fingerprint density at radius 1 is 1.20 bits per heavy atom. The van der Waals surface area contributed by atoms with Crippen molar-refractivity contribution in [1.82, 2.24) is 0 Å². The second-order valence-electron chi connectivity index (χ2n) is 5.13. The molecule has 2 rings (SSSR count). The highest BCUT2D eigenvalue weighted by atomic mass is 19.2. The van der Waals surface area contributed by atoms with Crippen LogP contribution in [0.4, 0.5) is 23.2 Å². The molecule has 110 valence electrons. The van der Waals surface area contributed by atoms with E-state index < -0.39 is 34.9 Å². The molecule has 20 heavy (non-hydrogen) atoms. The molecule has 1 aliphatic rings. The highest BCUT2D eigenvalue weighted by Crippen LogP contribution is 2.43. The fourth-order valence-corrected chi connectivity index (χ4v) is 2.34. The van der Waals surface area contributed by atoms with Crippen LogP contribution >= 0.6 is 0 Å². The third kappa shape index (κ3) is 2.63. The van der Waals surface area contributed by atoms with E-state index in [1.807, 2.05) is 5.32 Å². The summed E-state index contributed by atoms with van der Waals surface area (Å²) in [5.41, 5.74) is 4.10. The van der Waals surface area contributed by atoms with Gasteiger partial charge in [-0.1, -0.05) is 6.42 Å². The molecule has 3 N–H and O–H groups in total. The Kier molecular flexibility index (Phi) is 3.99. The number of carbonyl (C=O) groups excluding carboxylic acids is 1. The van der Waals surface area contributed by atoms with Crippen molar-refractivity contribution in [2.45, 2.75) is 25.7 Å². The van der Waals surface area contributed by atoms with E-state index in [-0.39, 0.29) is 24.4 Å². The molecule has 3 nitrogen and oxygen atoms in total. The van der Waals surface area contributed by atoms with Crippen molar-refractivity contribution in [3.63, 3.8) is 0 Å². The Morgan fingerprint density at radius 3 is 2.15 bits per heavy atom. The Morgan fingerprint density at radius 2 is 1.75 bits per heavy atom. The first-order valence-electron chi connectivity index (χ1n) is 6.21. The van der Waals surface area contributed by atoms with Crippen LogP contribution in [0.5, 0.6) is 0 Å². The number of nitrogens with one attached hydrogen (secondary N) is 1. The SMILES string of the molecule is NCC1(CC(=O)Nc2c(F)c(F)cc(F)c2F)CCC1. The first-order chi connectivity index (χ1) is 9.38. The van der Waals surface area contributed by atoms with Crippen LogP contribution < -0.4 is 11.1 Å². The zero-order valence-electron chi connectivity index (χ0n) is 10.6. The summed E-state index contributed by atoms with van der Waals surface area (Å²) >= 11 is 0. The van der Waals surface area contributed by atoms with Gasteiger partial charge in [0.15, 0.2) is 23.3 Å². The van der Waals surface area contributed by atoms with Crippen LogP contribution in [0.3, 0.4) is 0 Å². The molecule has 0 bridgehead atoms. The van der Waals surface area contributed by atoms with Crippen LogP contribution in [0.2, 0.25) is 0 Å². The second kappa shape index (κ2) is 5.40. The molecule has 1 aliphatic carbocycles. The Bertz CT molecular complexity index is 512. The molecule has 0 heterocycles. The minimum atomic E-state index is -1.62. The summed E-state index contributed by atoms with van der Waals surface area (Å²) in [6.07, 6.45) is 2.40. The van der Waals surface area contributed by atoms with Crippen molar-refractivity contribution in [3.8, 4) is 0 Å². The largest absolute Gasteiger partial charge is 0.330 e. The lowest BCUT2D eigenvalue weighted by atomic mass is 9.66. The fourth-order valence-electron chi connectivity index (χ4n) is 2.34. The minimum absolute atomic E-state index is 0.0273. The van der Waals surface area contributed by atoms with Gasteiger partial charge in [0, 0.05) is 12.5 Å². The standard InChI is InChI=1S/C13H14F4N2O/c14-7-4-8(15)11(17)12(10(7)16)19-9(20)5-13(6-18)2-1-3-13/h4H,1-3,5-6,18H2,(H,19,20). The summed E-state index contributed by atoms with van der Waals surface area (Å²) in [6, 6.07) is 0.0909. The Labute approximate surface area is 113 Å². The first-order valence-corrected chi connectivity index (χ1v) is 6.21. The van der Waals surface area contributed by atoms with Gasteiger partial charge in [0.1, 0.15) is 5.69 Å². The first kappa shape index (κ1) is 14.8. The Hall–Kier alpha value is -1.63. The van der Waals surface area contributed by atoms with E-state index in [1.54, 1.807) is 0 Å². The third-order valence-electron chi connectivity index (χ3n) is 3.76. The van der Waals surface area contributed by atoms with Crippen molar-refractivity contribution in [2.75, 3.05) is 11.9 Å². The minimum Gasteiger partial charge on any atom is -0.330 e. The molecule has 0 radical (unpaired) electrons. The van der Waals surface area contributed by atoms with Crippen molar-refractivity contribution >= 4 is 11.6 Å². The van der Waals surface area contributed by atoms with E-state index in [9.17, 15) is 22.4 Å². The topological polar surface area (TPSA) is 55.1 Å². The van der Waals surface area contributed by atoms with Gasteiger partial charge in [-0.3, -0.25) is 4.79 Å². The van der Waals surface area contributed by atoms with Gasteiger partial charge in [-0.2, -0.15) is 0 Å². The molecule has 7 heteroatoms. The van der Waals surface area contributed by atoms with Gasteiger partial charge in [-0.05, 0) is 24.8 Å². The zero-order valence-corrected chi connectivity index (χ0v) is 10.6. The van der Waals surface area contributed by atoms with E-state index in [0.717, 1.165) is 19.3 Å². The second-order valence-corrected chi connectivity index (χ2v) is 5.13. The van der Waals surface area contributed by atoms with E-state index in [4.69, 9.17) is 5.73 Å². The summed E-state index contributed by atoms with van der Waals surface area (Å²) in [7, 11) is 0. The van der Waals surface area contributed by atoms with Crippen LogP contribution in [0.15, 0.2) is 6.07 Å². The molecule has 0 unspecified atom stereocenters. The third-order valence-corrected chi connectivity index (χ3v) is 3.76. The lowest BCUT2D eigenvalue weighted by molar-refractivity contribution is -0.119. The molecule has 0 saturated heterocycles. The molecule has 0 aromatic heterocycles. The van der Waals surface area contributed by atoms with E-state index >= 15 is 0 Å². The highest BCUT2D eigenvalue weighted by Gasteiger charge is 2.37. The molecule has 0 spiro atoms. The quantitative estimate of drug-likeness (QED) is 0.661. The molecule has 0 aliphatic heterocycles. The average molecular weight is 290 g/mol. The molecular weight excluding hydrogens is 276 g/mol. The maximum absolute atomic E-state index is 13.4. The predicted octanol–water partition coefficient (Wildman–Crippen LogP) is 2.70. The number of rotatable bonds is 4. The molecule has 1 fully saturated rings. The van der Waals surface area contributed by atoms with Crippen LogP contribution in [0.1, 0.15) is 25.7 Å². The number of halogens is 4. The lowest BCUT2D eigenvalue weighted by Crippen LogP contribution is -2.40. The maximum Gasteiger partial charge on any atom is 0.225 e. The van der Waals surface area contributed by atoms with E-state index in [1.165, 1.54) is 0 Å². The molecule has 0 atom stereocenters. The number of hydrogen-bond acceptors (Lipinski definition) is 2. The number of carbonyl (C=O) groups is 1. The lowest BCUT2D eigenvalue weighted by Gasteiger charge is -2.40. The van der Waals surface area contributed by atoms with Gasteiger partial charge in [0.2, 0.25) is 5.91 Å². The normalized spacial score (nSPS) is 16.6. The number of nitrogens with two attached hydrogens (primary N) is 1. The van der Waals surface area contributed by atoms with Crippen LogP contribution in [-0.4, -0.2) is 12.5 Å². The number of benzene rings is 1. The highest BCUT2D eigenvalue weighted by molar-refractivity contribution is 5.91. The van der Waals surface area contributed by atoms with Gasteiger partial charge in [-0.15, -0.1) is 0 Å². The van der Waals surface area contributed by atoms with Crippen molar-refractivity contribution in [1.29, 1.82) is 0 Å². The van der Waals surface area contributed by atoms with Gasteiger partial charge in [-0.25, -0.2) is 17.6 Å². The van der Waals surface area contributed by atoms with Crippen molar-refractivity contribution < 1.29 is 22.4 Å². The summed E-state index contributed by atoms with van der Waals surface area (Å²) in [4.78, 5) is 11.8. The molecule has 1 amide bonds. The van der Waals surface area contributed by atoms with Crippen LogP contribution in [0.25, 0.3) is 0 Å². The summed E-state index contributed by atoms with van der Waals surface area (Å²) in [5.74, 6) is -7.06. The van der Waals surface area contributed by atoms with Crippen LogP contribution in [-0.2, 0) is 4.79 Å². The van der Waals surface area contributed by atoms with Gasteiger partial charge in [0.25, 0.3) is 0 Å². The monoisotopic (exact) mass is 290 g/mol. The van der Waals surface area contributed by atoms with Crippen molar-refractivity contribution in [3.05, 3.63) is 29.3 Å². The van der Waals surface area contributed by atoms with E-state index in [2.05, 4.69) is 0 Å². The smallest absolute Gasteiger partial charge is 0.225 e. The fraction of sp³-hybridized carbons (Fsp3) is 0.462. The molecule has 1 aromatic rings. The average Bonchev–Trinajstić information content (AvgIpc) is 2.37. The summed E-state index contributed by atoms with van der Waals surface area (Å²) in [5, 5.41) is 1.89. The molecular formula is C13H14F4N2O. The predicted molar refractivity (Wildman–Crippen MR) is 64.9 cm³/mol.